The Labute approximate surface area is 134 Å². The lowest BCUT2D eigenvalue weighted by Crippen LogP contribution is -2.17. The minimum atomic E-state index is 0.980. The summed E-state index contributed by atoms with van der Waals surface area (Å²) >= 11 is 0. The topological polar surface area (TPSA) is 9.23 Å². The molecule has 1 saturated heterocycles. The molecule has 125 valence electrons. The van der Waals surface area contributed by atoms with E-state index in [9.17, 15) is 0 Å². The smallest absolute Gasteiger partial charge is 0.0993 e. The van der Waals surface area contributed by atoms with Crippen molar-refractivity contribution in [2.75, 3.05) is 6.61 Å². The van der Waals surface area contributed by atoms with Crippen LogP contribution in [0.15, 0.2) is 0 Å². The molecule has 21 heavy (non-hydrogen) atoms. The molecule has 0 N–H and O–H groups in total. The quantitative estimate of drug-likeness (QED) is 0.273. The molecule has 0 amide bonds. The molecule has 1 rings (SSSR count). The normalized spacial score (nSPS) is 15.3. The fourth-order valence-corrected chi connectivity index (χ4v) is 3.14. The van der Waals surface area contributed by atoms with Gasteiger partial charge in [-0.25, -0.2) is 0 Å². The summed E-state index contributed by atoms with van der Waals surface area (Å²) in [5.74, 6) is 0. The van der Waals surface area contributed by atoms with Crippen molar-refractivity contribution < 1.29 is 4.74 Å². The van der Waals surface area contributed by atoms with E-state index in [1.807, 2.05) is 0 Å². The molecule has 1 fully saturated rings. The van der Waals surface area contributed by atoms with Crippen LogP contribution in [-0.4, -0.2) is 6.61 Å². The van der Waals surface area contributed by atoms with Crippen LogP contribution < -0.4 is 0 Å². The number of hydrogen-bond donors (Lipinski definition) is 0. The van der Waals surface area contributed by atoms with E-state index >= 15 is 0 Å². The summed E-state index contributed by atoms with van der Waals surface area (Å²) in [6, 6.07) is 0. The highest BCUT2D eigenvalue weighted by molar-refractivity contribution is 4.85. The van der Waals surface area contributed by atoms with Crippen molar-refractivity contribution in [3.63, 3.8) is 0 Å². The Bertz CT molecular complexity index is 198. The second-order valence-electron chi connectivity index (χ2n) is 6.84. The van der Waals surface area contributed by atoms with Crippen molar-refractivity contribution in [1.29, 1.82) is 0 Å². The van der Waals surface area contributed by atoms with Crippen LogP contribution in [0.3, 0.4) is 0 Å². The van der Waals surface area contributed by atoms with Gasteiger partial charge in [0.1, 0.15) is 0 Å². The van der Waals surface area contributed by atoms with E-state index in [-0.39, 0.29) is 0 Å². The van der Waals surface area contributed by atoms with E-state index in [2.05, 4.69) is 6.92 Å². The summed E-state index contributed by atoms with van der Waals surface area (Å²) in [5.41, 5.74) is 0. The Morgan fingerprint density at radius 3 is 1.33 bits per heavy atom. The van der Waals surface area contributed by atoms with Crippen LogP contribution in [0.4, 0.5) is 0 Å². The second-order valence-corrected chi connectivity index (χ2v) is 6.84. The molecule has 0 aromatic rings. The summed E-state index contributed by atoms with van der Waals surface area (Å²) in [4.78, 5) is 0. The zero-order valence-electron chi connectivity index (χ0n) is 14.6. The van der Waals surface area contributed by atoms with E-state index in [4.69, 9.17) is 4.74 Å². The van der Waals surface area contributed by atoms with Gasteiger partial charge in [-0.2, -0.15) is 0 Å². The number of hydrogen-bond acceptors (Lipinski definition) is 1. The summed E-state index contributed by atoms with van der Waals surface area (Å²) in [7, 11) is 0. The van der Waals surface area contributed by atoms with Crippen LogP contribution >= 0.6 is 0 Å². The minimum Gasteiger partial charge on any atom is -0.372 e. The maximum absolute atomic E-state index is 5.37. The zero-order chi connectivity index (χ0) is 15.0. The molecular formula is C20H39O. The lowest BCUT2D eigenvalue weighted by molar-refractivity contribution is 0.0337. The molecule has 1 heterocycles. The van der Waals surface area contributed by atoms with Gasteiger partial charge in [0, 0.05) is 6.42 Å². The Morgan fingerprint density at radius 1 is 0.619 bits per heavy atom. The second kappa shape index (κ2) is 14.9. The van der Waals surface area contributed by atoms with Crippen molar-refractivity contribution in [2.24, 2.45) is 0 Å². The first-order chi connectivity index (χ1) is 10.4. The zero-order valence-corrected chi connectivity index (χ0v) is 14.6. The van der Waals surface area contributed by atoms with E-state index in [1.54, 1.807) is 0 Å². The summed E-state index contributed by atoms with van der Waals surface area (Å²) in [6.07, 6.45) is 25.5. The van der Waals surface area contributed by atoms with Gasteiger partial charge in [0.2, 0.25) is 0 Å². The SMILES string of the molecule is CCCCCCCCCCCCCCCCC[C]1CCO1. The van der Waals surface area contributed by atoms with Gasteiger partial charge in [-0.05, 0) is 6.42 Å². The maximum Gasteiger partial charge on any atom is 0.0993 e. The first kappa shape index (κ1) is 19.0. The van der Waals surface area contributed by atoms with Gasteiger partial charge >= 0.3 is 0 Å². The molecule has 0 atom stereocenters. The molecule has 0 aromatic carbocycles. The highest BCUT2D eigenvalue weighted by atomic mass is 16.5. The van der Waals surface area contributed by atoms with Crippen LogP contribution in [0, 0.1) is 6.10 Å². The van der Waals surface area contributed by atoms with Gasteiger partial charge in [0.05, 0.1) is 12.7 Å². The Hall–Kier alpha value is -0.0400. The Morgan fingerprint density at radius 2 is 1.00 bits per heavy atom. The van der Waals surface area contributed by atoms with Crippen LogP contribution in [0.25, 0.3) is 0 Å². The van der Waals surface area contributed by atoms with Crippen molar-refractivity contribution >= 4 is 0 Å². The van der Waals surface area contributed by atoms with Gasteiger partial charge in [-0.15, -0.1) is 0 Å². The van der Waals surface area contributed by atoms with Crippen LogP contribution in [0.2, 0.25) is 0 Å². The maximum atomic E-state index is 5.37. The predicted octanol–water partition coefficient (Wildman–Crippen LogP) is 7.20. The third-order valence-corrected chi connectivity index (χ3v) is 4.75. The number of ether oxygens (including phenoxy) is 1. The molecule has 0 bridgehead atoms. The average molecular weight is 296 g/mol. The number of rotatable bonds is 16. The third kappa shape index (κ3) is 12.2. The first-order valence-corrected chi connectivity index (χ1v) is 9.91. The molecule has 1 aliphatic rings. The summed E-state index contributed by atoms with van der Waals surface area (Å²) < 4.78 is 5.37. The highest BCUT2D eigenvalue weighted by Gasteiger charge is 2.17. The van der Waals surface area contributed by atoms with Crippen molar-refractivity contribution in [2.45, 2.75) is 116 Å². The molecular weight excluding hydrogens is 256 g/mol. The molecule has 0 aliphatic carbocycles. The van der Waals surface area contributed by atoms with E-state index in [1.165, 1.54) is 115 Å². The standard InChI is InChI=1S/C20H39O/c1-2-3-4-5-6-7-8-9-10-11-12-13-14-15-16-17-20-18-19-21-20/h2-19H2,1H3. The monoisotopic (exact) mass is 295 g/mol. The molecule has 0 unspecified atom stereocenters. The van der Waals surface area contributed by atoms with Gasteiger partial charge < -0.3 is 4.74 Å². The Balaban J connectivity index is 1.61. The van der Waals surface area contributed by atoms with Crippen molar-refractivity contribution in [1.82, 2.24) is 0 Å². The molecule has 1 radical (unpaired) electrons. The largest absolute Gasteiger partial charge is 0.372 e. The lowest BCUT2D eigenvalue weighted by atomic mass is 10.0. The minimum absolute atomic E-state index is 0.980. The fraction of sp³-hybridized carbons (Fsp3) is 0.950. The fourth-order valence-electron chi connectivity index (χ4n) is 3.14. The van der Waals surface area contributed by atoms with Crippen LogP contribution in [-0.2, 0) is 4.74 Å². The van der Waals surface area contributed by atoms with E-state index < -0.39 is 0 Å². The van der Waals surface area contributed by atoms with Crippen LogP contribution in [0.1, 0.15) is 116 Å². The molecule has 1 nitrogen and oxygen atoms in total. The Kier molecular flexibility index (Phi) is 13.5. The molecule has 1 aliphatic heterocycles. The first-order valence-electron chi connectivity index (χ1n) is 9.91. The number of unbranched alkanes of at least 4 members (excludes halogenated alkanes) is 14. The average Bonchev–Trinajstić information content (AvgIpc) is 2.45. The molecule has 0 aromatic heterocycles. The predicted molar refractivity (Wildman–Crippen MR) is 93.4 cm³/mol. The van der Waals surface area contributed by atoms with E-state index in [0.29, 0.717) is 0 Å². The van der Waals surface area contributed by atoms with E-state index in [0.717, 1.165) is 6.61 Å². The van der Waals surface area contributed by atoms with Gasteiger partial charge in [-0.3, -0.25) is 0 Å². The van der Waals surface area contributed by atoms with Crippen LogP contribution in [0.5, 0.6) is 0 Å². The van der Waals surface area contributed by atoms with Crippen molar-refractivity contribution in [3.05, 3.63) is 6.10 Å². The van der Waals surface area contributed by atoms with Gasteiger partial charge in [-0.1, -0.05) is 103 Å². The van der Waals surface area contributed by atoms with Gasteiger partial charge in [0.25, 0.3) is 0 Å². The van der Waals surface area contributed by atoms with Gasteiger partial charge in [0.15, 0.2) is 0 Å². The molecule has 1 heteroatoms. The molecule has 0 spiro atoms. The summed E-state index contributed by atoms with van der Waals surface area (Å²) in [5, 5.41) is 0. The molecule has 0 saturated carbocycles. The summed E-state index contributed by atoms with van der Waals surface area (Å²) in [6.45, 7) is 3.27. The lowest BCUT2D eigenvalue weighted by Gasteiger charge is -2.24. The highest BCUT2D eigenvalue weighted by Crippen LogP contribution is 2.25. The van der Waals surface area contributed by atoms with Crippen molar-refractivity contribution in [3.8, 4) is 0 Å². The third-order valence-electron chi connectivity index (χ3n) is 4.75.